The van der Waals surface area contributed by atoms with Gasteiger partial charge < -0.3 is 9.52 Å². The van der Waals surface area contributed by atoms with E-state index < -0.39 is 5.97 Å². The highest BCUT2D eigenvalue weighted by Gasteiger charge is 2.29. The molecule has 0 atom stereocenters. The molecule has 0 fully saturated rings. The predicted molar refractivity (Wildman–Crippen MR) is 87.4 cm³/mol. The monoisotopic (exact) mass is 343 g/mol. The second-order valence-electron chi connectivity index (χ2n) is 5.79. The summed E-state index contributed by atoms with van der Waals surface area (Å²) in [6.07, 6.45) is 5.11. The van der Waals surface area contributed by atoms with Crippen LogP contribution in [0.2, 0.25) is 5.02 Å². The summed E-state index contributed by atoms with van der Waals surface area (Å²) in [5, 5.41) is 14.5. The minimum Gasteiger partial charge on any atom is -0.475 e. The van der Waals surface area contributed by atoms with Crippen LogP contribution in [0.1, 0.15) is 33.1 Å². The highest BCUT2D eigenvalue weighted by molar-refractivity contribution is 6.31. The Hall–Kier alpha value is -2.60. The molecular formula is C17H14ClN3O3. The van der Waals surface area contributed by atoms with Gasteiger partial charge in [-0.25, -0.2) is 4.79 Å². The summed E-state index contributed by atoms with van der Waals surface area (Å²) >= 11 is 6.16. The van der Waals surface area contributed by atoms with Gasteiger partial charge in [-0.3, -0.25) is 9.67 Å². The number of carbonyl (C=O) groups is 1. The fourth-order valence-electron chi connectivity index (χ4n) is 3.14. The molecular weight excluding hydrogens is 330 g/mol. The molecule has 0 saturated heterocycles. The fourth-order valence-corrected chi connectivity index (χ4v) is 3.32. The molecule has 7 heteroatoms. The number of carboxylic acids is 1. The van der Waals surface area contributed by atoms with E-state index in [0.717, 1.165) is 28.9 Å². The maximum Gasteiger partial charge on any atom is 0.372 e. The van der Waals surface area contributed by atoms with Crippen molar-refractivity contribution >= 4 is 17.6 Å². The van der Waals surface area contributed by atoms with Crippen LogP contribution in [0, 0.1) is 6.92 Å². The molecule has 1 N–H and O–H groups in total. The van der Waals surface area contributed by atoms with E-state index in [-0.39, 0.29) is 5.76 Å². The molecule has 3 aromatic rings. The van der Waals surface area contributed by atoms with Crippen LogP contribution in [0.25, 0.3) is 11.3 Å². The van der Waals surface area contributed by atoms with Gasteiger partial charge in [-0.2, -0.15) is 5.10 Å². The molecule has 1 aliphatic carbocycles. The molecule has 3 aromatic heterocycles. The van der Waals surface area contributed by atoms with Crippen LogP contribution in [-0.4, -0.2) is 25.8 Å². The lowest BCUT2D eigenvalue weighted by Crippen LogP contribution is -2.03. The average Bonchev–Trinajstić information content (AvgIpc) is 3.10. The zero-order chi connectivity index (χ0) is 16.8. The maximum atomic E-state index is 11.3. The third-order valence-electron chi connectivity index (χ3n) is 4.26. The Balaban J connectivity index is 1.76. The minimum atomic E-state index is -1.05. The summed E-state index contributed by atoms with van der Waals surface area (Å²) in [4.78, 5) is 15.6. The molecule has 4 rings (SSSR count). The van der Waals surface area contributed by atoms with Gasteiger partial charge in [-0.1, -0.05) is 11.6 Å². The van der Waals surface area contributed by atoms with Gasteiger partial charge in [0.25, 0.3) is 0 Å². The number of halogens is 1. The topological polar surface area (TPSA) is 81.1 Å². The van der Waals surface area contributed by atoms with Crippen molar-refractivity contribution in [2.24, 2.45) is 0 Å². The van der Waals surface area contributed by atoms with Crippen LogP contribution >= 0.6 is 11.6 Å². The van der Waals surface area contributed by atoms with Gasteiger partial charge in [-0.15, -0.1) is 0 Å². The lowest BCUT2D eigenvalue weighted by Gasteiger charge is -2.09. The summed E-state index contributed by atoms with van der Waals surface area (Å²) in [6.45, 7) is 2.22. The number of aromatic carboxylic acids is 1. The van der Waals surface area contributed by atoms with E-state index in [2.05, 4.69) is 10.1 Å². The second kappa shape index (κ2) is 5.49. The number of carboxylic acid groups (broad SMARTS) is 1. The van der Waals surface area contributed by atoms with E-state index in [1.807, 2.05) is 6.20 Å². The molecule has 0 spiro atoms. The number of hydrogen-bond donors (Lipinski definition) is 1. The molecule has 24 heavy (non-hydrogen) atoms. The molecule has 0 unspecified atom stereocenters. The Labute approximate surface area is 142 Å². The lowest BCUT2D eigenvalue weighted by atomic mass is 9.94. The number of hydrogen-bond acceptors (Lipinski definition) is 4. The van der Waals surface area contributed by atoms with E-state index in [1.54, 1.807) is 29.9 Å². The lowest BCUT2D eigenvalue weighted by molar-refractivity contribution is 0.0659. The SMILES string of the molecule is Cc1c(C(=O)O)oc2c1-c1nn(Cc3ncccc3Cl)cc1CC2. The average molecular weight is 344 g/mol. The van der Waals surface area contributed by atoms with E-state index >= 15 is 0 Å². The molecule has 0 saturated carbocycles. The second-order valence-corrected chi connectivity index (χ2v) is 6.20. The summed E-state index contributed by atoms with van der Waals surface area (Å²) in [6, 6.07) is 3.58. The van der Waals surface area contributed by atoms with E-state index in [1.165, 1.54) is 0 Å². The third-order valence-corrected chi connectivity index (χ3v) is 4.60. The largest absolute Gasteiger partial charge is 0.475 e. The minimum absolute atomic E-state index is 0.00447. The normalized spacial score (nSPS) is 12.8. The van der Waals surface area contributed by atoms with Crippen LogP contribution in [0.15, 0.2) is 28.9 Å². The maximum absolute atomic E-state index is 11.3. The van der Waals surface area contributed by atoms with Gasteiger partial charge in [0.05, 0.1) is 23.0 Å². The first kappa shape index (κ1) is 15.0. The number of nitrogens with zero attached hydrogens (tertiary/aromatic N) is 3. The molecule has 3 heterocycles. The number of aryl methyl sites for hydroxylation is 2. The summed E-state index contributed by atoms with van der Waals surface area (Å²) in [7, 11) is 0. The van der Waals surface area contributed by atoms with E-state index in [0.29, 0.717) is 29.3 Å². The van der Waals surface area contributed by atoms with Crippen LogP contribution in [0.3, 0.4) is 0 Å². The highest BCUT2D eigenvalue weighted by atomic mass is 35.5. The molecule has 0 aromatic carbocycles. The predicted octanol–water partition coefficient (Wildman–Crippen LogP) is 3.35. The van der Waals surface area contributed by atoms with Gasteiger partial charge in [0.2, 0.25) is 5.76 Å². The van der Waals surface area contributed by atoms with Gasteiger partial charge >= 0.3 is 5.97 Å². The van der Waals surface area contributed by atoms with E-state index in [9.17, 15) is 9.90 Å². The molecule has 122 valence electrons. The zero-order valence-electron chi connectivity index (χ0n) is 12.9. The molecule has 0 amide bonds. The Morgan fingerprint density at radius 2 is 2.29 bits per heavy atom. The van der Waals surface area contributed by atoms with Crippen molar-refractivity contribution in [3.63, 3.8) is 0 Å². The van der Waals surface area contributed by atoms with Crippen molar-refractivity contribution in [1.82, 2.24) is 14.8 Å². The first-order chi connectivity index (χ1) is 11.5. The molecule has 0 radical (unpaired) electrons. The number of aromatic nitrogens is 3. The van der Waals surface area contributed by atoms with Gasteiger partial charge in [0.1, 0.15) is 5.76 Å². The summed E-state index contributed by atoms with van der Waals surface area (Å²) in [5.74, 6) is -0.364. The number of fused-ring (bicyclic) bond motifs is 3. The Morgan fingerprint density at radius 1 is 1.46 bits per heavy atom. The zero-order valence-corrected chi connectivity index (χ0v) is 13.7. The van der Waals surface area contributed by atoms with Crippen molar-refractivity contribution in [3.05, 3.63) is 57.9 Å². The Bertz CT molecular complexity index is 958. The van der Waals surface area contributed by atoms with Crippen LogP contribution in [-0.2, 0) is 19.4 Å². The Kier molecular flexibility index (Phi) is 3.42. The van der Waals surface area contributed by atoms with Crippen LogP contribution in [0.4, 0.5) is 0 Å². The van der Waals surface area contributed by atoms with Crippen LogP contribution < -0.4 is 0 Å². The van der Waals surface area contributed by atoms with Gasteiger partial charge in [-0.05, 0) is 31.0 Å². The smallest absolute Gasteiger partial charge is 0.372 e. The van der Waals surface area contributed by atoms with Crippen molar-refractivity contribution in [3.8, 4) is 11.3 Å². The summed E-state index contributed by atoms with van der Waals surface area (Å²) in [5.41, 5.74) is 4.04. The summed E-state index contributed by atoms with van der Waals surface area (Å²) < 4.78 is 7.31. The number of rotatable bonds is 3. The van der Waals surface area contributed by atoms with Crippen molar-refractivity contribution < 1.29 is 14.3 Å². The highest BCUT2D eigenvalue weighted by Crippen LogP contribution is 2.38. The van der Waals surface area contributed by atoms with E-state index in [4.69, 9.17) is 16.0 Å². The molecule has 0 aliphatic heterocycles. The Morgan fingerprint density at radius 3 is 3.04 bits per heavy atom. The van der Waals surface area contributed by atoms with Gasteiger partial charge in [0.15, 0.2) is 0 Å². The molecule has 1 aliphatic rings. The molecule has 0 bridgehead atoms. The standard InChI is InChI=1S/C17H14ClN3O3/c1-9-14-13(24-16(9)17(22)23)5-4-10-7-21(20-15(10)14)8-12-11(18)3-2-6-19-12/h2-3,6-7H,4-5,8H2,1H3,(H,22,23). The number of pyridine rings is 1. The van der Waals surface area contributed by atoms with Crippen molar-refractivity contribution in [2.75, 3.05) is 0 Å². The number of furan rings is 1. The third kappa shape index (κ3) is 2.30. The van der Waals surface area contributed by atoms with Crippen molar-refractivity contribution in [2.45, 2.75) is 26.3 Å². The van der Waals surface area contributed by atoms with Gasteiger partial charge in [0, 0.05) is 29.9 Å². The van der Waals surface area contributed by atoms with Crippen molar-refractivity contribution in [1.29, 1.82) is 0 Å². The quantitative estimate of drug-likeness (QED) is 0.788. The first-order valence-electron chi connectivity index (χ1n) is 7.56. The van der Waals surface area contributed by atoms with Crippen LogP contribution in [0.5, 0.6) is 0 Å². The fraction of sp³-hybridized carbons (Fsp3) is 0.235. The first-order valence-corrected chi connectivity index (χ1v) is 7.94. The molecule has 6 nitrogen and oxygen atoms in total.